The van der Waals surface area contributed by atoms with E-state index in [9.17, 15) is 10.1 Å². The molecule has 0 spiro atoms. The van der Waals surface area contributed by atoms with Gasteiger partial charge in [-0.05, 0) is 31.9 Å². The Hall–Kier alpha value is -2.61. The Labute approximate surface area is 123 Å². The lowest BCUT2D eigenvalue weighted by molar-refractivity contribution is -0.121. The van der Waals surface area contributed by atoms with Crippen LogP contribution < -0.4 is 10.6 Å². The highest BCUT2D eigenvalue weighted by molar-refractivity contribution is 5.87. The molecule has 5 heteroatoms. The van der Waals surface area contributed by atoms with Gasteiger partial charge in [-0.2, -0.15) is 5.26 Å². The van der Waals surface area contributed by atoms with E-state index in [-0.39, 0.29) is 5.91 Å². The predicted molar refractivity (Wildman–Crippen MR) is 80.7 cm³/mol. The summed E-state index contributed by atoms with van der Waals surface area (Å²) in [6.07, 6.45) is 2.10. The standard InChI is InChI=1S/C16H16N4O/c1-10(16(21)19-13-6-7-13)18-15-12(9-17)8-11-4-2-3-5-14(11)20-15/h2-5,8,10,13H,6-7H2,1H3,(H,18,20)(H,19,21). The van der Waals surface area contributed by atoms with E-state index >= 15 is 0 Å². The molecular formula is C16H16N4O. The molecule has 1 aromatic carbocycles. The minimum absolute atomic E-state index is 0.0589. The van der Waals surface area contributed by atoms with Gasteiger partial charge in [-0.25, -0.2) is 4.98 Å². The number of nitrogens with one attached hydrogen (secondary N) is 2. The molecule has 1 aromatic heterocycles. The number of benzene rings is 1. The van der Waals surface area contributed by atoms with E-state index in [4.69, 9.17) is 0 Å². The van der Waals surface area contributed by atoms with Crippen molar-refractivity contribution in [3.05, 3.63) is 35.9 Å². The van der Waals surface area contributed by atoms with E-state index in [0.29, 0.717) is 17.4 Å². The topological polar surface area (TPSA) is 77.8 Å². The van der Waals surface area contributed by atoms with Gasteiger partial charge in [0.25, 0.3) is 0 Å². The van der Waals surface area contributed by atoms with Crippen LogP contribution in [0, 0.1) is 11.3 Å². The van der Waals surface area contributed by atoms with Crippen molar-refractivity contribution in [2.45, 2.75) is 31.8 Å². The molecule has 1 atom stereocenters. The number of carbonyl (C=O) groups excluding carboxylic acids is 1. The summed E-state index contributed by atoms with van der Waals surface area (Å²) in [6.45, 7) is 1.77. The fourth-order valence-corrected chi connectivity index (χ4v) is 2.14. The predicted octanol–water partition coefficient (Wildman–Crippen LogP) is 2.19. The molecule has 1 aliphatic carbocycles. The summed E-state index contributed by atoms with van der Waals surface area (Å²) in [5.74, 6) is 0.394. The fraction of sp³-hybridized carbons (Fsp3) is 0.312. The Morgan fingerprint density at radius 2 is 2.19 bits per heavy atom. The largest absolute Gasteiger partial charge is 0.358 e. The highest BCUT2D eigenvalue weighted by Crippen LogP contribution is 2.21. The van der Waals surface area contributed by atoms with Crippen LogP contribution in [0.1, 0.15) is 25.3 Å². The van der Waals surface area contributed by atoms with E-state index in [0.717, 1.165) is 23.7 Å². The van der Waals surface area contributed by atoms with Crippen LogP contribution in [0.5, 0.6) is 0 Å². The van der Waals surface area contributed by atoms with E-state index < -0.39 is 6.04 Å². The Morgan fingerprint density at radius 3 is 2.90 bits per heavy atom. The number of fused-ring (bicyclic) bond motifs is 1. The van der Waals surface area contributed by atoms with Gasteiger partial charge >= 0.3 is 0 Å². The lowest BCUT2D eigenvalue weighted by atomic mass is 10.1. The number of hydrogen-bond acceptors (Lipinski definition) is 4. The van der Waals surface area contributed by atoms with Gasteiger partial charge in [0.2, 0.25) is 5.91 Å². The zero-order valence-corrected chi connectivity index (χ0v) is 11.8. The molecule has 1 amide bonds. The second-order valence-electron chi connectivity index (χ2n) is 5.34. The van der Waals surface area contributed by atoms with Gasteiger partial charge in [0.05, 0.1) is 11.1 Å². The van der Waals surface area contributed by atoms with Crippen LogP contribution in [0.15, 0.2) is 30.3 Å². The second kappa shape index (κ2) is 5.41. The van der Waals surface area contributed by atoms with Crippen molar-refractivity contribution in [2.75, 3.05) is 5.32 Å². The zero-order valence-electron chi connectivity index (χ0n) is 11.8. The molecule has 2 N–H and O–H groups in total. The summed E-state index contributed by atoms with van der Waals surface area (Å²) in [7, 11) is 0. The average molecular weight is 280 g/mol. The third-order valence-corrected chi connectivity index (χ3v) is 3.51. The zero-order chi connectivity index (χ0) is 14.8. The van der Waals surface area contributed by atoms with Gasteiger partial charge in [0, 0.05) is 11.4 Å². The molecule has 1 saturated carbocycles. The first kappa shape index (κ1) is 13.4. The van der Waals surface area contributed by atoms with Crippen LogP contribution in [0.2, 0.25) is 0 Å². The smallest absolute Gasteiger partial charge is 0.242 e. The van der Waals surface area contributed by atoms with Crippen LogP contribution in [0.4, 0.5) is 5.82 Å². The first-order valence-electron chi connectivity index (χ1n) is 7.04. The average Bonchev–Trinajstić information content (AvgIpc) is 3.30. The summed E-state index contributed by atoms with van der Waals surface area (Å²) in [6, 6.07) is 11.4. The van der Waals surface area contributed by atoms with Crippen LogP contribution in [0.25, 0.3) is 10.9 Å². The summed E-state index contributed by atoms with van der Waals surface area (Å²) in [4.78, 5) is 16.4. The number of hydrogen-bond donors (Lipinski definition) is 2. The number of nitrogens with zero attached hydrogens (tertiary/aromatic N) is 2. The van der Waals surface area contributed by atoms with Crippen molar-refractivity contribution in [1.29, 1.82) is 5.26 Å². The molecule has 1 heterocycles. The molecule has 0 saturated heterocycles. The summed E-state index contributed by atoms with van der Waals surface area (Å²) >= 11 is 0. The number of amides is 1. The molecule has 0 aliphatic heterocycles. The SMILES string of the molecule is CC(Nc1nc2ccccc2cc1C#N)C(=O)NC1CC1. The molecule has 3 rings (SSSR count). The van der Waals surface area contributed by atoms with Crippen LogP contribution >= 0.6 is 0 Å². The molecule has 106 valence electrons. The molecule has 0 bridgehead atoms. The van der Waals surface area contributed by atoms with Gasteiger partial charge in [-0.15, -0.1) is 0 Å². The first-order valence-corrected chi connectivity index (χ1v) is 7.04. The summed E-state index contributed by atoms with van der Waals surface area (Å²) < 4.78 is 0. The maximum atomic E-state index is 12.0. The highest BCUT2D eigenvalue weighted by Gasteiger charge is 2.26. The Bertz CT molecular complexity index is 731. The minimum Gasteiger partial charge on any atom is -0.358 e. The molecule has 2 aromatic rings. The van der Waals surface area contributed by atoms with Crippen molar-refractivity contribution in [2.24, 2.45) is 0 Å². The maximum Gasteiger partial charge on any atom is 0.242 e. The number of pyridine rings is 1. The van der Waals surface area contributed by atoms with Gasteiger partial charge in [0.1, 0.15) is 17.9 Å². The van der Waals surface area contributed by atoms with Crippen molar-refractivity contribution >= 4 is 22.6 Å². The molecule has 5 nitrogen and oxygen atoms in total. The Balaban J connectivity index is 1.84. The van der Waals surface area contributed by atoms with Crippen LogP contribution in [0.3, 0.4) is 0 Å². The van der Waals surface area contributed by atoms with E-state index in [1.54, 1.807) is 13.0 Å². The van der Waals surface area contributed by atoms with E-state index in [2.05, 4.69) is 21.7 Å². The minimum atomic E-state index is -0.425. The molecule has 1 fully saturated rings. The number of carbonyl (C=O) groups is 1. The van der Waals surface area contributed by atoms with E-state index in [1.807, 2.05) is 24.3 Å². The fourth-order valence-electron chi connectivity index (χ4n) is 2.14. The number of para-hydroxylation sites is 1. The van der Waals surface area contributed by atoms with Crippen LogP contribution in [-0.4, -0.2) is 23.0 Å². The lowest BCUT2D eigenvalue weighted by Crippen LogP contribution is -2.39. The first-order chi connectivity index (χ1) is 10.2. The Kier molecular flexibility index (Phi) is 3.44. The van der Waals surface area contributed by atoms with Crippen molar-refractivity contribution in [3.8, 4) is 6.07 Å². The van der Waals surface area contributed by atoms with Gasteiger partial charge < -0.3 is 10.6 Å². The summed E-state index contributed by atoms with van der Waals surface area (Å²) in [5.41, 5.74) is 1.24. The third kappa shape index (κ3) is 2.95. The van der Waals surface area contributed by atoms with Crippen molar-refractivity contribution < 1.29 is 4.79 Å². The molecule has 1 aliphatic rings. The van der Waals surface area contributed by atoms with Gasteiger partial charge in [0.15, 0.2) is 0 Å². The quantitative estimate of drug-likeness (QED) is 0.900. The monoisotopic (exact) mass is 280 g/mol. The van der Waals surface area contributed by atoms with E-state index in [1.165, 1.54) is 0 Å². The molecular weight excluding hydrogens is 264 g/mol. The lowest BCUT2D eigenvalue weighted by Gasteiger charge is -2.15. The van der Waals surface area contributed by atoms with Crippen molar-refractivity contribution in [3.63, 3.8) is 0 Å². The number of nitriles is 1. The van der Waals surface area contributed by atoms with Gasteiger partial charge in [-0.3, -0.25) is 4.79 Å². The van der Waals surface area contributed by atoms with Crippen molar-refractivity contribution in [1.82, 2.24) is 10.3 Å². The second-order valence-corrected chi connectivity index (χ2v) is 5.34. The molecule has 21 heavy (non-hydrogen) atoms. The van der Waals surface area contributed by atoms with Crippen LogP contribution in [-0.2, 0) is 4.79 Å². The van der Waals surface area contributed by atoms with Gasteiger partial charge in [-0.1, -0.05) is 18.2 Å². The number of rotatable bonds is 4. The number of aromatic nitrogens is 1. The maximum absolute atomic E-state index is 12.0. The Morgan fingerprint density at radius 1 is 1.43 bits per heavy atom. The normalized spacial score (nSPS) is 15.2. The third-order valence-electron chi connectivity index (χ3n) is 3.51. The molecule has 0 radical (unpaired) electrons. The highest BCUT2D eigenvalue weighted by atomic mass is 16.2. The molecule has 1 unspecified atom stereocenters. The summed E-state index contributed by atoms with van der Waals surface area (Å²) in [5, 5.41) is 16.1. The number of anilines is 1.